The van der Waals surface area contributed by atoms with Crippen LogP contribution >= 0.6 is 0 Å². The summed E-state index contributed by atoms with van der Waals surface area (Å²) in [7, 11) is 1.60. The Morgan fingerprint density at radius 2 is 1.34 bits per heavy atom. The lowest BCUT2D eigenvalue weighted by Gasteiger charge is -2.32. The van der Waals surface area contributed by atoms with Crippen LogP contribution in [0.25, 0.3) is 0 Å². The number of carbonyl (C=O) groups excluding carboxylic acids is 2. The molecule has 4 rings (SSSR count). The Morgan fingerprint density at radius 1 is 0.763 bits per heavy atom. The molecule has 4 aromatic carbocycles. The molecule has 0 saturated heterocycles. The van der Waals surface area contributed by atoms with Crippen molar-refractivity contribution < 1.29 is 18.7 Å². The van der Waals surface area contributed by atoms with Gasteiger partial charge in [-0.1, -0.05) is 84.9 Å². The lowest BCUT2D eigenvalue weighted by atomic mass is 10.0. The van der Waals surface area contributed by atoms with Crippen molar-refractivity contribution in [3.63, 3.8) is 0 Å². The van der Waals surface area contributed by atoms with Gasteiger partial charge < -0.3 is 15.0 Å². The van der Waals surface area contributed by atoms with E-state index in [1.165, 1.54) is 12.1 Å². The summed E-state index contributed by atoms with van der Waals surface area (Å²) in [6.45, 7) is 0.491. The van der Waals surface area contributed by atoms with E-state index in [9.17, 15) is 14.0 Å². The second-order valence-electron chi connectivity index (χ2n) is 9.08. The molecule has 0 spiro atoms. The van der Waals surface area contributed by atoms with Crippen molar-refractivity contribution in [2.45, 2.75) is 32.0 Å². The van der Waals surface area contributed by atoms with Crippen LogP contribution in [0.1, 0.15) is 22.3 Å². The predicted octanol–water partition coefficient (Wildman–Crippen LogP) is 5.33. The Kier molecular flexibility index (Phi) is 9.24. The smallest absolute Gasteiger partial charge is 0.243 e. The Labute approximate surface area is 222 Å². The van der Waals surface area contributed by atoms with Crippen LogP contribution in [0, 0.1) is 5.82 Å². The maximum absolute atomic E-state index is 13.7. The van der Waals surface area contributed by atoms with E-state index < -0.39 is 6.04 Å². The van der Waals surface area contributed by atoms with Crippen LogP contribution in [0.3, 0.4) is 0 Å². The minimum atomic E-state index is -0.767. The predicted molar refractivity (Wildman–Crippen MR) is 146 cm³/mol. The van der Waals surface area contributed by atoms with Gasteiger partial charge in [-0.15, -0.1) is 0 Å². The van der Waals surface area contributed by atoms with Crippen molar-refractivity contribution in [3.8, 4) is 5.75 Å². The fourth-order valence-corrected chi connectivity index (χ4v) is 4.26. The molecule has 0 saturated carbocycles. The van der Waals surface area contributed by atoms with E-state index in [1.807, 2.05) is 84.9 Å². The Morgan fingerprint density at radius 3 is 1.95 bits per heavy atom. The third kappa shape index (κ3) is 7.53. The SMILES string of the molecule is COc1ccc(CNC(=O)[C@H](Cc2ccccc2)N(Cc2ccc(F)cc2)C(=O)Cc2ccccc2)cc1. The van der Waals surface area contributed by atoms with Gasteiger partial charge in [-0.25, -0.2) is 4.39 Å². The number of nitrogens with one attached hydrogen (secondary N) is 1. The number of amides is 2. The number of hydrogen-bond acceptors (Lipinski definition) is 3. The van der Waals surface area contributed by atoms with Crippen molar-refractivity contribution in [2.75, 3.05) is 7.11 Å². The Bertz CT molecular complexity index is 1310. The van der Waals surface area contributed by atoms with Crippen LogP contribution in [0.4, 0.5) is 4.39 Å². The number of methoxy groups -OCH3 is 1. The summed E-state index contributed by atoms with van der Waals surface area (Å²) in [5.74, 6) is -0.0535. The second kappa shape index (κ2) is 13.2. The molecule has 0 radical (unpaired) electrons. The summed E-state index contributed by atoms with van der Waals surface area (Å²) in [5, 5.41) is 3.02. The molecule has 38 heavy (non-hydrogen) atoms. The highest BCUT2D eigenvalue weighted by Gasteiger charge is 2.30. The van der Waals surface area contributed by atoms with Crippen molar-refractivity contribution in [1.29, 1.82) is 0 Å². The lowest BCUT2D eigenvalue weighted by Crippen LogP contribution is -2.50. The number of carbonyl (C=O) groups is 2. The van der Waals surface area contributed by atoms with Gasteiger partial charge in [-0.3, -0.25) is 9.59 Å². The molecule has 0 heterocycles. The van der Waals surface area contributed by atoms with Gasteiger partial charge in [0.15, 0.2) is 0 Å². The molecule has 5 nitrogen and oxygen atoms in total. The molecule has 1 atom stereocenters. The van der Waals surface area contributed by atoms with Gasteiger partial charge in [0.2, 0.25) is 11.8 Å². The van der Waals surface area contributed by atoms with E-state index >= 15 is 0 Å². The zero-order chi connectivity index (χ0) is 26.7. The number of ether oxygens (including phenoxy) is 1. The highest BCUT2D eigenvalue weighted by Crippen LogP contribution is 2.18. The molecule has 194 valence electrons. The maximum atomic E-state index is 13.7. The molecule has 2 amide bonds. The van der Waals surface area contributed by atoms with Crippen LogP contribution in [-0.4, -0.2) is 29.9 Å². The molecule has 0 aromatic heterocycles. The summed E-state index contributed by atoms with van der Waals surface area (Å²) in [6, 6.07) is 31.8. The highest BCUT2D eigenvalue weighted by atomic mass is 19.1. The number of nitrogens with zero attached hydrogens (tertiary/aromatic N) is 1. The minimum Gasteiger partial charge on any atom is -0.497 e. The van der Waals surface area contributed by atoms with Crippen LogP contribution in [-0.2, 0) is 35.5 Å². The van der Waals surface area contributed by atoms with E-state index in [0.29, 0.717) is 13.0 Å². The molecule has 0 unspecified atom stereocenters. The normalized spacial score (nSPS) is 11.4. The van der Waals surface area contributed by atoms with Crippen LogP contribution in [0.5, 0.6) is 5.75 Å². The van der Waals surface area contributed by atoms with Crippen molar-refractivity contribution in [3.05, 3.63) is 137 Å². The molecular weight excluding hydrogens is 479 g/mol. The van der Waals surface area contributed by atoms with Gasteiger partial charge in [0.25, 0.3) is 0 Å². The van der Waals surface area contributed by atoms with Gasteiger partial charge in [-0.05, 0) is 46.5 Å². The molecule has 0 fully saturated rings. The molecule has 0 aliphatic heterocycles. The lowest BCUT2D eigenvalue weighted by molar-refractivity contribution is -0.140. The molecule has 0 aliphatic carbocycles. The molecule has 0 aliphatic rings. The summed E-state index contributed by atoms with van der Waals surface area (Å²) < 4.78 is 18.8. The first-order valence-corrected chi connectivity index (χ1v) is 12.5. The van der Waals surface area contributed by atoms with Gasteiger partial charge in [-0.2, -0.15) is 0 Å². The quantitative estimate of drug-likeness (QED) is 0.297. The topological polar surface area (TPSA) is 58.6 Å². The highest BCUT2D eigenvalue weighted by molar-refractivity contribution is 5.88. The molecule has 0 bridgehead atoms. The average Bonchev–Trinajstić information content (AvgIpc) is 2.96. The van der Waals surface area contributed by atoms with Crippen molar-refractivity contribution in [2.24, 2.45) is 0 Å². The fourth-order valence-electron chi connectivity index (χ4n) is 4.26. The van der Waals surface area contributed by atoms with Crippen LogP contribution in [0.2, 0.25) is 0 Å². The third-order valence-corrected chi connectivity index (χ3v) is 6.36. The summed E-state index contributed by atoms with van der Waals surface area (Å²) in [4.78, 5) is 29.0. The third-order valence-electron chi connectivity index (χ3n) is 6.36. The summed E-state index contributed by atoms with van der Waals surface area (Å²) >= 11 is 0. The zero-order valence-corrected chi connectivity index (χ0v) is 21.3. The number of halogens is 1. The fraction of sp³-hybridized carbons (Fsp3) is 0.188. The van der Waals surface area contributed by atoms with Gasteiger partial charge in [0.05, 0.1) is 13.5 Å². The van der Waals surface area contributed by atoms with E-state index in [1.54, 1.807) is 24.1 Å². The van der Waals surface area contributed by atoms with Gasteiger partial charge >= 0.3 is 0 Å². The average molecular weight is 511 g/mol. The first-order chi connectivity index (χ1) is 18.5. The number of benzene rings is 4. The monoisotopic (exact) mass is 510 g/mol. The largest absolute Gasteiger partial charge is 0.497 e. The van der Waals surface area contributed by atoms with E-state index in [4.69, 9.17) is 4.74 Å². The Hall–Kier alpha value is -4.45. The van der Waals surface area contributed by atoms with Crippen molar-refractivity contribution >= 4 is 11.8 Å². The molecule has 1 N–H and O–H groups in total. The summed E-state index contributed by atoms with van der Waals surface area (Å²) in [6.07, 6.45) is 0.496. The first-order valence-electron chi connectivity index (χ1n) is 12.5. The van der Waals surface area contributed by atoms with Crippen LogP contribution in [0.15, 0.2) is 109 Å². The van der Waals surface area contributed by atoms with E-state index in [2.05, 4.69) is 5.32 Å². The van der Waals surface area contributed by atoms with Gasteiger partial charge in [0, 0.05) is 19.5 Å². The minimum absolute atomic E-state index is 0.152. The van der Waals surface area contributed by atoms with E-state index in [0.717, 1.165) is 28.0 Å². The standard InChI is InChI=1S/C32H31FN2O3/c1-38-29-18-14-26(15-19-29)22-34-32(37)30(20-24-8-4-2-5-9-24)35(23-27-12-16-28(33)17-13-27)31(36)21-25-10-6-3-7-11-25/h2-19,30H,20-23H2,1H3,(H,34,37)/t30-/m0/s1. The zero-order valence-electron chi connectivity index (χ0n) is 21.3. The van der Waals surface area contributed by atoms with Crippen LogP contribution < -0.4 is 10.1 Å². The van der Waals surface area contributed by atoms with Crippen molar-refractivity contribution in [1.82, 2.24) is 10.2 Å². The Balaban J connectivity index is 1.62. The maximum Gasteiger partial charge on any atom is 0.243 e. The molecule has 4 aromatic rings. The molecule has 6 heteroatoms. The molecular formula is C32H31FN2O3. The first kappa shape index (κ1) is 26.6. The van der Waals surface area contributed by atoms with E-state index in [-0.39, 0.29) is 30.6 Å². The van der Waals surface area contributed by atoms with Gasteiger partial charge in [0.1, 0.15) is 17.6 Å². The summed E-state index contributed by atoms with van der Waals surface area (Å²) in [5.41, 5.74) is 3.46. The number of rotatable bonds is 11. The number of hydrogen-bond donors (Lipinski definition) is 1. The second-order valence-corrected chi connectivity index (χ2v) is 9.08.